The monoisotopic (exact) mass is 259 g/mol. The molecule has 0 unspecified atom stereocenters. The molecule has 0 aromatic heterocycles. The van der Waals surface area contributed by atoms with E-state index < -0.39 is 0 Å². The van der Waals surface area contributed by atoms with Crippen molar-refractivity contribution in [2.45, 2.75) is 6.42 Å². The van der Waals surface area contributed by atoms with Crippen molar-refractivity contribution in [1.82, 2.24) is 0 Å². The van der Waals surface area contributed by atoms with Gasteiger partial charge in [-0.15, -0.1) is 0 Å². The highest BCUT2D eigenvalue weighted by molar-refractivity contribution is 5.67. The van der Waals surface area contributed by atoms with Gasteiger partial charge in [-0.2, -0.15) is 0 Å². The van der Waals surface area contributed by atoms with Crippen LogP contribution in [0, 0.1) is 0 Å². The zero-order valence-electron chi connectivity index (χ0n) is 11.3. The minimum absolute atomic E-state index is 0.802. The number of nitrogen functional groups attached to an aromatic ring is 1. The molecule has 0 saturated heterocycles. The summed E-state index contributed by atoms with van der Waals surface area (Å²) in [5.74, 6) is 0. The Labute approximate surface area is 119 Å². The van der Waals surface area contributed by atoms with E-state index in [4.69, 9.17) is 5.73 Å². The smallest absolute Gasteiger partial charge is 0.0320 e. The molecule has 3 aromatic rings. The van der Waals surface area contributed by atoms with Crippen LogP contribution in [0.2, 0.25) is 0 Å². The van der Waals surface area contributed by atoms with Crippen LogP contribution in [0.15, 0.2) is 78.9 Å². The van der Waals surface area contributed by atoms with E-state index in [1.54, 1.807) is 0 Å². The van der Waals surface area contributed by atoms with Crippen LogP contribution in [0.4, 0.5) is 5.69 Å². The Morgan fingerprint density at radius 2 is 1.25 bits per heavy atom. The van der Waals surface area contributed by atoms with Crippen molar-refractivity contribution >= 4 is 5.69 Å². The predicted octanol–water partition coefficient (Wildman–Crippen LogP) is 4.53. The largest absolute Gasteiger partial charge is 0.399 e. The first-order valence-corrected chi connectivity index (χ1v) is 6.80. The third kappa shape index (κ3) is 2.89. The third-order valence-electron chi connectivity index (χ3n) is 3.40. The van der Waals surface area contributed by atoms with Gasteiger partial charge in [-0.25, -0.2) is 0 Å². The molecule has 0 radical (unpaired) electrons. The average Bonchev–Trinajstić information content (AvgIpc) is 2.49. The van der Waals surface area contributed by atoms with Gasteiger partial charge in [-0.3, -0.25) is 0 Å². The molecule has 3 rings (SSSR count). The summed E-state index contributed by atoms with van der Waals surface area (Å²) < 4.78 is 0. The van der Waals surface area contributed by atoms with Gasteiger partial charge in [0.15, 0.2) is 0 Å². The lowest BCUT2D eigenvalue weighted by Crippen LogP contribution is -1.89. The van der Waals surface area contributed by atoms with E-state index in [0.717, 1.165) is 12.1 Å². The Morgan fingerprint density at radius 3 is 2.00 bits per heavy atom. The first-order valence-electron chi connectivity index (χ1n) is 6.80. The van der Waals surface area contributed by atoms with Gasteiger partial charge in [0.05, 0.1) is 0 Å². The van der Waals surface area contributed by atoms with Crippen LogP contribution in [-0.2, 0) is 6.42 Å². The number of anilines is 1. The van der Waals surface area contributed by atoms with Crippen molar-refractivity contribution < 1.29 is 0 Å². The topological polar surface area (TPSA) is 26.0 Å². The van der Waals surface area contributed by atoms with E-state index in [9.17, 15) is 0 Å². The summed E-state index contributed by atoms with van der Waals surface area (Å²) in [4.78, 5) is 0. The van der Waals surface area contributed by atoms with Gasteiger partial charge in [0.2, 0.25) is 0 Å². The summed E-state index contributed by atoms with van der Waals surface area (Å²) in [6, 6.07) is 27.2. The fourth-order valence-electron chi connectivity index (χ4n) is 2.41. The van der Waals surface area contributed by atoms with Crippen LogP contribution < -0.4 is 5.73 Å². The van der Waals surface area contributed by atoms with Crippen LogP contribution in [0.3, 0.4) is 0 Å². The number of nitrogens with two attached hydrogens (primary N) is 1. The Bertz CT molecular complexity index is 702. The molecular formula is C19H17N. The molecule has 0 aliphatic rings. The lowest BCUT2D eigenvalue weighted by Gasteiger charge is -2.07. The highest BCUT2D eigenvalue weighted by Crippen LogP contribution is 2.23. The molecule has 0 heterocycles. The van der Waals surface area contributed by atoms with Crippen LogP contribution in [0.25, 0.3) is 11.1 Å². The van der Waals surface area contributed by atoms with Crippen molar-refractivity contribution in [3.05, 3.63) is 90.0 Å². The van der Waals surface area contributed by atoms with Gasteiger partial charge in [0.25, 0.3) is 0 Å². The molecule has 0 fully saturated rings. The van der Waals surface area contributed by atoms with E-state index in [1.165, 1.54) is 22.3 Å². The van der Waals surface area contributed by atoms with Gasteiger partial charge in [0.1, 0.15) is 0 Å². The Hall–Kier alpha value is -2.54. The highest BCUT2D eigenvalue weighted by atomic mass is 14.5. The maximum Gasteiger partial charge on any atom is 0.0320 e. The van der Waals surface area contributed by atoms with Crippen molar-refractivity contribution in [2.75, 3.05) is 5.73 Å². The first-order chi connectivity index (χ1) is 9.81. The first kappa shape index (κ1) is 12.5. The average molecular weight is 259 g/mol. The van der Waals surface area contributed by atoms with Crippen molar-refractivity contribution in [3.63, 3.8) is 0 Å². The lowest BCUT2D eigenvalue weighted by molar-refractivity contribution is 1.19. The van der Waals surface area contributed by atoms with Crippen LogP contribution >= 0.6 is 0 Å². The second kappa shape index (κ2) is 5.62. The molecular weight excluding hydrogens is 242 g/mol. The van der Waals surface area contributed by atoms with E-state index in [-0.39, 0.29) is 0 Å². The van der Waals surface area contributed by atoms with Gasteiger partial charge in [-0.05, 0) is 40.8 Å². The van der Waals surface area contributed by atoms with Crippen LogP contribution in [0.5, 0.6) is 0 Å². The number of hydrogen-bond acceptors (Lipinski definition) is 1. The molecule has 98 valence electrons. The third-order valence-corrected chi connectivity index (χ3v) is 3.40. The molecule has 0 atom stereocenters. The molecule has 0 saturated carbocycles. The Balaban J connectivity index is 1.90. The summed E-state index contributed by atoms with van der Waals surface area (Å²) >= 11 is 0. The van der Waals surface area contributed by atoms with Gasteiger partial charge in [-0.1, -0.05) is 66.7 Å². The van der Waals surface area contributed by atoms with E-state index in [2.05, 4.69) is 54.6 Å². The Morgan fingerprint density at radius 1 is 0.600 bits per heavy atom. The molecule has 1 heteroatoms. The fraction of sp³-hybridized carbons (Fsp3) is 0.0526. The van der Waals surface area contributed by atoms with Gasteiger partial charge in [0, 0.05) is 5.69 Å². The second-order valence-corrected chi connectivity index (χ2v) is 4.99. The van der Waals surface area contributed by atoms with Gasteiger partial charge < -0.3 is 5.73 Å². The summed E-state index contributed by atoms with van der Waals surface area (Å²) in [7, 11) is 0. The van der Waals surface area contributed by atoms with Gasteiger partial charge >= 0.3 is 0 Å². The quantitative estimate of drug-likeness (QED) is 0.687. The minimum atomic E-state index is 0.802. The molecule has 0 spiro atoms. The molecule has 0 aliphatic carbocycles. The lowest BCUT2D eigenvalue weighted by atomic mass is 9.99. The summed E-state index contributed by atoms with van der Waals surface area (Å²) in [6.45, 7) is 0. The fourth-order valence-corrected chi connectivity index (χ4v) is 2.41. The maximum atomic E-state index is 5.86. The van der Waals surface area contributed by atoms with Crippen LogP contribution in [0.1, 0.15) is 11.1 Å². The zero-order chi connectivity index (χ0) is 13.8. The summed E-state index contributed by atoms with van der Waals surface area (Å²) in [5, 5.41) is 0. The molecule has 1 nitrogen and oxygen atoms in total. The standard InChI is InChI=1S/C19H17N/c20-19-11-5-10-18(14-19)17-9-4-8-16(13-17)12-15-6-2-1-3-7-15/h1-11,13-14H,12,20H2. The number of benzene rings is 3. The summed E-state index contributed by atoms with van der Waals surface area (Å²) in [5.41, 5.74) is 11.7. The van der Waals surface area contributed by atoms with E-state index in [0.29, 0.717) is 0 Å². The molecule has 0 aliphatic heterocycles. The molecule has 2 N–H and O–H groups in total. The Kier molecular flexibility index (Phi) is 3.51. The second-order valence-electron chi connectivity index (χ2n) is 4.99. The molecule has 20 heavy (non-hydrogen) atoms. The van der Waals surface area contributed by atoms with E-state index in [1.807, 2.05) is 24.3 Å². The molecule has 0 bridgehead atoms. The normalized spacial score (nSPS) is 10.4. The SMILES string of the molecule is Nc1cccc(-c2cccc(Cc3ccccc3)c2)c1. The number of hydrogen-bond donors (Lipinski definition) is 1. The van der Waals surface area contributed by atoms with Crippen molar-refractivity contribution in [1.29, 1.82) is 0 Å². The molecule has 3 aromatic carbocycles. The zero-order valence-corrected chi connectivity index (χ0v) is 11.3. The van der Waals surface area contributed by atoms with Crippen LogP contribution in [-0.4, -0.2) is 0 Å². The summed E-state index contributed by atoms with van der Waals surface area (Å²) in [6.07, 6.45) is 0.955. The predicted molar refractivity (Wildman–Crippen MR) is 85.5 cm³/mol. The minimum Gasteiger partial charge on any atom is -0.399 e. The highest BCUT2D eigenvalue weighted by Gasteiger charge is 2.01. The van der Waals surface area contributed by atoms with Crippen molar-refractivity contribution in [3.8, 4) is 11.1 Å². The van der Waals surface area contributed by atoms with Crippen molar-refractivity contribution in [2.24, 2.45) is 0 Å². The van der Waals surface area contributed by atoms with E-state index >= 15 is 0 Å². The number of rotatable bonds is 3. The molecule has 0 amide bonds. The maximum absolute atomic E-state index is 5.86.